The standard InChI is InChI=1S/C16H15BrN2O2/c1-11(20)12-6-2-4-8-14(12)19-16(21)10-18-15-9-5-3-7-13(15)17/h2-9,18H,10H2,1H3,(H,19,21). The second-order valence-electron chi connectivity index (χ2n) is 4.48. The van der Waals surface area contributed by atoms with Crippen LogP contribution in [0.15, 0.2) is 53.0 Å². The number of Topliss-reactive ketones (excluding diaryl/α,β-unsaturated/α-hetero) is 1. The summed E-state index contributed by atoms with van der Waals surface area (Å²) in [5, 5.41) is 5.78. The molecular weight excluding hydrogens is 332 g/mol. The van der Waals surface area contributed by atoms with Crippen LogP contribution in [0.4, 0.5) is 11.4 Å². The molecule has 0 fully saturated rings. The van der Waals surface area contributed by atoms with Crippen molar-refractivity contribution in [3.05, 3.63) is 58.6 Å². The monoisotopic (exact) mass is 346 g/mol. The molecule has 0 heterocycles. The summed E-state index contributed by atoms with van der Waals surface area (Å²) in [5.41, 5.74) is 1.88. The summed E-state index contributed by atoms with van der Waals surface area (Å²) in [6.45, 7) is 1.60. The Bertz CT molecular complexity index is 671. The highest BCUT2D eigenvalue weighted by Crippen LogP contribution is 2.21. The Kier molecular flexibility index (Phi) is 5.11. The first-order valence-corrected chi connectivity index (χ1v) is 7.25. The molecule has 0 unspecified atom stereocenters. The van der Waals surface area contributed by atoms with Crippen LogP contribution >= 0.6 is 15.9 Å². The number of ketones is 1. The number of anilines is 2. The number of hydrogen-bond donors (Lipinski definition) is 2. The maximum Gasteiger partial charge on any atom is 0.243 e. The predicted molar refractivity (Wildman–Crippen MR) is 87.7 cm³/mol. The van der Waals surface area contributed by atoms with Gasteiger partial charge < -0.3 is 10.6 Å². The highest BCUT2D eigenvalue weighted by Gasteiger charge is 2.09. The van der Waals surface area contributed by atoms with Crippen LogP contribution in [0.5, 0.6) is 0 Å². The molecule has 0 aliphatic rings. The van der Waals surface area contributed by atoms with Crippen molar-refractivity contribution in [1.29, 1.82) is 0 Å². The number of rotatable bonds is 5. The van der Waals surface area contributed by atoms with Gasteiger partial charge in [-0.3, -0.25) is 9.59 Å². The maximum atomic E-state index is 12.0. The fourth-order valence-electron chi connectivity index (χ4n) is 1.87. The molecule has 0 saturated carbocycles. The van der Waals surface area contributed by atoms with Crippen LogP contribution in [-0.4, -0.2) is 18.2 Å². The minimum Gasteiger partial charge on any atom is -0.375 e. The van der Waals surface area contributed by atoms with Gasteiger partial charge in [0, 0.05) is 15.7 Å². The van der Waals surface area contributed by atoms with Gasteiger partial charge in [-0.05, 0) is 47.1 Å². The van der Waals surface area contributed by atoms with E-state index in [9.17, 15) is 9.59 Å². The summed E-state index contributed by atoms with van der Waals surface area (Å²) < 4.78 is 0.891. The summed E-state index contributed by atoms with van der Waals surface area (Å²) in [6.07, 6.45) is 0. The van der Waals surface area contributed by atoms with Gasteiger partial charge in [0.2, 0.25) is 5.91 Å². The molecule has 2 aromatic rings. The van der Waals surface area contributed by atoms with Crippen LogP contribution in [0, 0.1) is 0 Å². The Labute approximate surface area is 131 Å². The van der Waals surface area contributed by atoms with Crippen molar-refractivity contribution >= 4 is 39.0 Å². The topological polar surface area (TPSA) is 58.2 Å². The average Bonchev–Trinajstić information content (AvgIpc) is 2.47. The van der Waals surface area contributed by atoms with E-state index in [1.54, 1.807) is 24.3 Å². The first-order valence-electron chi connectivity index (χ1n) is 6.46. The van der Waals surface area contributed by atoms with Gasteiger partial charge in [-0.2, -0.15) is 0 Å². The van der Waals surface area contributed by atoms with E-state index in [-0.39, 0.29) is 18.2 Å². The molecule has 0 radical (unpaired) electrons. The number of amides is 1. The van der Waals surface area contributed by atoms with Gasteiger partial charge in [0.15, 0.2) is 5.78 Å². The molecule has 108 valence electrons. The number of carbonyl (C=O) groups is 2. The van der Waals surface area contributed by atoms with E-state index >= 15 is 0 Å². The molecule has 21 heavy (non-hydrogen) atoms. The van der Waals surface area contributed by atoms with Gasteiger partial charge in [-0.1, -0.05) is 24.3 Å². The number of hydrogen-bond acceptors (Lipinski definition) is 3. The second kappa shape index (κ2) is 7.04. The maximum absolute atomic E-state index is 12.0. The van der Waals surface area contributed by atoms with E-state index in [0.29, 0.717) is 11.3 Å². The van der Waals surface area contributed by atoms with E-state index in [1.165, 1.54) is 6.92 Å². The van der Waals surface area contributed by atoms with Crippen LogP contribution in [0.2, 0.25) is 0 Å². The molecule has 0 atom stereocenters. The zero-order chi connectivity index (χ0) is 15.2. The molecule has 0 aromatic heterocycles. The Morgan fingerprint density at radius 2 is 1.62 bits per heavy atom. The van der Waals surface area contributed by atoms with Crippen molar-refractivity contribution < 1.29 is 9.59 Å². The fourth-order valence-corrected chi connectivity index (χ4v) is 2.30. The summed E-state index contributed by atoms with van der Waals surface area (Å²) in [7, 11) is 0. The highest BCUT2D eigenvalue weighted by atomic mass is 79.9. The third-order valence-corrected chi connectivity index (χ3v) is 3.59. The third kappa shape index (κ3) is 4.16. The van der Waals surface area contributed by atoms with Crippen molar-refractivity contribution in [1.82, 2.24) is 0 Å². The Morgan fingerprint density at radius 1 is 1.00 bits per heavy atom. The van der Waals surface area contributed by atoms with Crippen LogP contribution < -0.4 is 10.6 Å². The molecule has 2 aromatic carbocycles. The Hall–Kier alpha value is -2.14. The molecule has 0 spiro atoms. The lowest BCUT2D eigenvalue weighted by Crippen LogP contribution is -2.22. The zero-order valence-electron chi connectivity index (χ0n) is 11.5. The average molecular weight is 347 g/mol. The lowest BCUT2D eigenvalue weighted by atomic mass is 10.1. The lowest BCUT2D eigenvalue weighted by Gasteiger charge is -2.11. The van der Waals surface area contributed by atoms with Crippen molar-refractivity contribution in [2.24, 2.45) is 0 Å². The molecule has 5 heteroatoms. The van der Waals surface area contributed by atoms with E-state index in [2.05, 4.69) is 26.6 Å². The van der Waals surface area contributed by atoms with Crippen molar-refractivity contribution in [2.75, 3.05) is 17.2 Å². The van der Waals surface area contributed by atoms with Crippen molar-refractivity contribution in [3.63, 3.8) is 0 Å². The molecule has 0 saturated heterocycles. The zero-order valence-corrected chi connectivity index (χ0v) is 13.1. The molecule has 1 amide bonds. The largest absolute Gasteiger partial charge is 0.375 e. The number of carbonyl (C=O) groups excluding carboxylic acids is 2. The number of nitrogens with one attached hydrogen (secondary N) is 2. The molecule has 0 bridgehead atoms. The van der Waals surface area contributed by atoms with Gasteiger partial charge in [0.1, 0.15) is 0 Å². The van der Waals surface area contributed by atoms with E-state index in [4.69, 9.17) is 0 Å². The SMILES string of the molecule is CC(=O)c1ccccc1NC(=O)CNc1ccccc1Br. The van der Waals surface area contributed by atoms with E-state index < -0.39 is 0 Å². The Morgan fingerprint density at radius 3 is 2.29 bits per heavy atom. The normalized spacial score (nSPS) is 10.0. The number of benzene rings is 2. The molecule has 4 nitrogen and oxygen atoms in total. The van der Waals surface area contributed by atoms with Crippen LogP contribution in [0.1, 0.15) is 17.3 Å². The van der Waals surface area contributed by atoms with Crippen LogP contribution in [0.3, 0.4) is 0 Å². The minimum atomic E-state index is -0.209. The van der Waals surface area contributed by atoms with Gasteiger partial charge in [-0.25, -0.2) is 0 Å². The minimum absolute atomic E-state index is 0.0790. The van der Waals surface area contributed by atoms with Gasteiger partial charge in [0.25, 0.3) is 0 Å². The molecule has 2 rings (SSSR count). The second-order valence-corrected chi connectivity index (χ2v) is 5.34. The third-order valence-electron chi connectivity index (χ3n) is 2.89. The van der Waals surface area contributed by atoms with Crippen molar-refractivity contribution in [2.45, 2.75) is 6.92 Å². The van der Waals surface area contributed by atoms with Crippen molar-refractivity contribution in [3.8, 4) is 0 Å². The van der Waals surface area contributed by atoms with Gasteiger partial charge >= 0.3 is 0 Å². The summed E-state index contributed by atoms with van der Waals surface area (Å²) >= 11 is 3.41. The van der Waals surface area contributed by atoms with E-state index in [0.717, 1.165) is 10.2 Å². The highest BCUT2D eigenvalue weighted by molar-refractivity contribution is 9.10. The smallest absolute Gasteiger partial charge is 0.243 e. The van der Waals surface area contributed by atoms with Crippen LogP contribution in [0.25, 0.3) is 0 Å². The Balaban J connectivity index is 2.00. The van der Waals surface area contributed by atoms with Crippen LogP contribution in [-0.2, 0) is 4.79 Å². The molecule has 0 aliphatic carbocycles. The van der Waals surface area contributed by atoms with Gasteiger partial charge in [0.05, 0.1) is 12.2 Å². The first kappa shape index (κ1) is 15.3. The van der Waals surface area contributed by atoms with E-state index in [1.807, 2.05) is 24.3 Å². The first-order chi connectivity index (χ1) is 10.1. The summed E-state index contributed by atoms with van der Waals surface area (Å²) in [4.78, 5) is 23.5. The predicted octanol–water partition coefficient (Wildman–Crippen LogP) is 3.70. The molecule has 2 N–H and O–H groups in total. The number of halogens is 1. The summed E-state index contributed by atoms with van der Waals surface area (Å²) in [5.74, 6) is -0.288. The quantitative estimate of drug-likeness (QED) is 0.811. The molecule has 0 aliphatic heterocycles. The number of para-hydroxylation sites is 2. The van der Waals surface area contributed by atoms with Gasteiger partial charge in [-0.15, -0.1) is 0 Å². The molecular formula is C16H15BrN2O2. The summed E-state index contributed by atoms with van der Waals surface area (Å²) in [6, 6.07) is 14.5. The lowest BCUT2D eigenvalue weighted by molar-refractivity contribution is -0.114. The fraction of sp³-hybridized carbons (Fsp3) is 0.125.